The molecule has 240 valence electrons. The predicted octanol–water partition coefficient (Wildman–Crippen LogP) is 7.70. The van der Waals surface area contributed by atoms with Crippen molar-refractivity contribution in [3.05, 3.63) is 40.3 Å². The van der Waals surface area contributed by atoms with Gasteiger partial charge in [-0.2, -0.15) is 28.2 Å². The average molecular weight is 648 g/mol. The van der Waals surface area contributed by atoms with Gasteiger partial charge in [-0.1, -0.05) is 11.6 Å². The third kappa shape index (κ3) is 5.48. The molecule has 7 rings (SSSR count). The minimum absolute atomic E-state index is 0.0164. The van der Waals surface area contributed by atoms with Gasteiger partial charge in [-0.25, -0.2) is 9.07 Å². The highest BCUT2D eigenvalue weighted by molar-refractivity contribution is 6.35. The maximum atomic E-state index is 16.8. The standard InChI is InChI=1S/C32H34ClF4N5O3/c1-18-13-23-21(15-38-42(23)24-7-3-4-12-43-24)25(19(18)2)26-22(33)14-20-28(27(26)34)39-30(40-29(20)44-17-32(35,36)37)45-16-31-8-5-10-41(31)11-6-9-31/h13-15,24H,3-12,16-17H2,1-2H3. The second-order valence-corrected chi connectivity index (χ2v) is 12.8. The van der Waals surface area contributed by atoms with Crippen molar-refractivity contribution in [1.82, 2.24) is 24.6 Å². The van der Waals surface area contributed by atoms with Crippen LogP contribution in [0.3, 0.4) is 0 Å². The first-order valence-corrected chi connectivity index (χ1v) is 15.8. The van der Waals surface area contributed by atoms with Crippen LogP contribution in [0.1, 0.15) is 62.3 Å². The fourth-order valence-corrected chi connectivity index (χ4v) is 7.54. The largest absolute Gasteiger partial charge is 0.467 e. The fraction of sp³-hybridized carbons (Fsp3) is 0.531. The number of halogens is 5. The van der Waals surface area contributed by atoms with Crippen LogP contribution in [0.4, 0.5) is 17.6 Å². The predicted molar refractivity (Wildman–Crippen MR) is 161 cm³/mol. The first kappa shape index (κ1) is 30.4. The van der Waals surface area contributed by atoms with Crippen LogP contribution < -0.4 is 9.47 Å². The summed E-state index contributed by atoms with van der Waals surface area (Å²) in [4.78, 5) is 10.9. The summed E-state index contributed by atoms with van der Waals surface area (Å²) >= 11 is 6.77. The number of aromatic nitrogens is 4. The van der Waals surface area contributed by atoms with Gasteiger partial charge in [0.25, 0.3) is 0 Å². The summed E-state index contributed by atoms with van der Waals surface area (Å²) in [6.07, 6.45) is 3.55. The number of benzene rings is 2. The van der Waals surface area contributed by atoms with Gasteiger partial charge in [0.05, 0.1) is 27.7 Å². The Balaban J connectivity index is 1.36. The molecule has 13 heteroatoms. The Morgan fingerprint density at radius 2 is 1.80 bits per heavy atom. The van der Waals surface area contributed by atoms with E-state index in [0.717, 1.165) is 74.7 Å². The normalized spacial score (nSPS) is 20.3. The Morgan fingerprint density at radius 1 is 1.02 bits per heavy atom. The van der Waals surface area contributed by atoms with Crippen LogP contribution in [-0.4, -0.2) is 69.3 Å². The van der Waals surface area contributed by atoms with E-state index in [0.29, 0.717) is 17.6 Å². The number of ether oxygens (including phenoxy) is 3. The zero-order valence-corrected chi connectivity index (χ0v) is 25.9. The van der Waals surface area contributed by atoms with E-state index in [4.69, 9.17) is 25.8 Å². The molecular weight excluding hydrogens is 614 g/mol. The summed E-state index contributed by atoms with van der Waals surface area (Å²) < 4.78 is 75.5. The van der Waals surface area contributed by atoms with Crippen molar-refractivity contribution in [3.63, 3.8) is 0 Å². The number of hydrogen-bond donors (Lipinski definition) is 0. The molecule has 1 unspecified atom stereocenters. The van der Waals surface area contributed by atoms with Gasteiger partial charge in [-0.05, 0) is 95.1 Å². The molecule has 1 atom stereocenters. The first-order chi connectivity index (χ1) is 21.5. The van der Waals surface area contributed by atoms with E-state index in [2.05, 4.69) is 20.0 Å². The maximum absolute atomic E-state index is 16.8. The highest BCUT2D eigenvalue weighted by Gasteiger charge is 2.45. The first-order valence-electron chi connectivity index (χ1n) is 15.4. The Kier molecular flexibility index (Phi) is 7.80. The molecule has 0 aliphatic carbocycles. The molecule has 2 aromatic carbocycles. The van der Waals surface area contributed by atoms with E-state index in [-0.39, 0.29) is 45.9 Å². The number of nitrogens with zero attached hydrogens (tertiary/aromatic N) is 5. The fourth-order valence-electron chi connectivity index (χ4n) is 7.25. The molecule has 3 aliphatic heterocycles. The molecular formula is C32H34ClF4N5O3. The van der Waals surface area contributed by atoms with Crippen molar-refractivity contribution in [3.8, 4) is 23.0 Å². The smallest absolute Gasteiger partial charge is 0.422 e. The number of rotatable bonds is 7. The second kappa shape index (κ2) is 11.5. The van der Waals surface area contributed by atoms with Gasteiger partial charge in [0.1, 0.15) is 12.1 Å². The zero-order valence-electron chi connectivity index (χ0n) is 25.1. The molecule has 0 radical (unpaired) electrons. The molecule has 3 saturated heterocycles. The van der Waals surface area contributed by atoms with Crippen LogP contribution in [-0.2, 0) is 4.74 Å². The lowest BCUT2D eigenvalue weighted by Crippen LogP contribution is -2.43. The summed E-state index contributed by atoms with van der Waals surface area (Å²) in [6.45, 7) is 5.00. The lowest BCUT2D eigenvalue weighted by atomic mass is 9.92. The van der Waals surface area contributed by atoms with Crippen LogP contribution in [0.2, 0.25) is 5.02 Å². The maximum Gasteiger partial charge on any atom is 0.422 e. The molecule has 5 heterocycles. The van der Waals surface area contributed by atoms with Gasteiger partial charge >= 0.3 is 12.2 Å². The van der Waals surface area contributed by atoms with Crippen LogP contribution in [0.25, 0.3) is 32.9 Å². The quantitative estimate of drug-likeness (QED) is 0.190. The Bertz CT molecular complexity index is 1760. The molecule has 4 aromatic rings. The number of fused-ring (bicyclic) bond motifs is 3. The third-order valence-electron chi connectivity index (χ3n) is 9.58. The monoisotopic (exact) mass is 647 g/mol. The van der Waals surface area contributed by atoms with Gasteiger partial charge in [0.2, 0.25) is 5.88 Å². The minimum atomic E-state index is -4.64. The summed E-state index contributed by atoms with van der Waals surface area (Å²) in [7, 11) is 0. The third-order valence-corrected chi connectivity index (χ3v) is 9.88. The highest BCUT2D eigenvalue weighted by Crippen LogP contribution is 2.44. The van der Waals surface area contributed by atoms with Gasteiger partial charge in [-0.3, -0.25) is 4.90 Å². The SMILES string of the molecule is Cc1cc2c(cnn2C2CCCCO2)c(-c2c(Cl)cc3c(OCC(F)(F)F)nc(OCC45CCCN4CCC5)nc3c2F)c1C. The summed E-state index contributed by atoms with van der Waals surface area (Å²) in [5, 5.41) is 5.20. The van der Waals surface area contributed by atoms with E-state index in [1.54, 1.807) is 6.20 Å². The van der Waals surface area contributed by atoms with Gasteiger partial charge in [0, 0.05) is 23.1 Å². The topological polar surface area (TPSA) is 74.5 Å². The van der Waals surface area contributed by atoms with Crippen LogP contribution in [0.5, 0.6) is 11.9 Å². The Labute approximate surface area is 262 Å². The molecule has 0 bridgehead atoms. The number of aryl methyl sites for hydroxylation is 1. The van der Waals surface area contributed by atoms with Gasteiger partial charge in [-0.15, -0.1) is 0 Å². The number of alkyl halides is 3. The molecule has 0 spiro atoms. The van der Waals surface area contributed by atoms with Crippen molar-refractivity contribution in [2.75, 3.05) is 32.9 Å². The molecule has 3 fully saturated rings. The second-order valence-electron chi connectivity index (χ2n) is 12.4. The highest BCUT2D eigenvalue weighted by atomic mass is 35.5. The lowest BCUT2D eigenvalue weighted by Gasteiger charge is -2.31. The van der Waals surface area contributed by atoms with E-state index in [1.807, 2.05) is 24.6 Å². The van der Waals surface area contributed by atoms with Gasteiger partial charge in [0.15, 0.2) is 18.7 Å². The zero-order chi connectivity index (χ0) is 31.5. The van der Waals surface area contributed by atoms with E-state index < -0.39 is 24.5 Å². The van der Waals surface area contributed by atoms with Crippen LogP contribution >= 0.6 is 11.6 Å². The summed E-state index contributed by atoms with van der Waals surface area (Å²) in [6, 6.07) is 3.12. The minimum Gasteiger partial charge on any atom is -0.467 e. The van der Waals surface area contributed by atoms with Crippen molar-refractivity contribution in [2.24, 2.45) is 0 Å². The van der Waals surface area contributed by atoms with E-state index >= 15 is 4.39 Å². The molecule has 0 N–H and O–H groups in total. The van der Waals surface area contributed by atoms with Crippen molar-refractivity contribution in [1.29, 1.82) is 0 Å². The molecule has 2 aromatic heterocycles. The van der Waals surface area contributed by atoms with Crippen molar-refractivity contribution in [2.45, 2.75) is 76.7 Å². The van der Waals surface area contributed by atoms with Crippen LogP contribution in [0, 0.1) is 19.7 Å². The molecule has 0 saturated carbocycles. The van der Waals surface area contributed by atoms with Crippen LogP contribution in [0.15, 0.2) is 18.3 Å². The molecule has 3 aliphatic rings. The lowest BCUT2D eigenvalue weighted by molar-refractivity contribution is -0.153. The average Bonchev–Trinajstić information content (AvgIpc) is 3.71. The summed E-state index contributed by atoms with van der Waals surface area (Å²) in [5.41, 5.74) is 2.64. The summed E-state index contributed by atoms with van der Waals surface area (Å²) in [5.74, 6) is -1.25. The van der Waals surface area contributed by atoms with Crippen molar-refractivity contribution >= 4 is 33.4 Å². The molecule has 45 heavy (non-hydrogen) atoms. The number of hydrogen-bond acceptors (Lipinski definition) is 7. The molecule has 8 nitrogen and oxygen atoms in total. The van der Waals surface area contributed by atoms with Crippen molar-refractivity contribution < 1.29 is 31.8 Å². The Hall–Kier alpha value is -3.22. The Morgan fingerprint density at radius 3 is 2.51 bits per heavy atom. The molecule has 0 amide bonds. The van der Waals surface area contributed by atoms with E-state index in [1.165, 1.54) is 6.07 Å². The van der Waals surface area contributed by atoms with Gasteiger partial charge < -0.3 is 14.2 Å². The van der Waals surface area contributed by atoms with E-state index in [9.17, 15) is 13.2 Å².